The molecule has 2 heterocycles. The summed E-state index contributed by atoms with van der Waals surface area (Å²) in [6, 6.07) is 14.3. The van der Waals surface area contributed by atoms with E-state index in [1.807, 2.05) is 23.1 Å². The molecule has 1 saturated heterocycles. The first-order chi connectivity index (χ1) is 11.3. The number of hydrogen-bond donors (Lipinski definition) is 0. The molecule has 0 aliphatic carbocycles. The van der Waals surface area contributed by atoms with Gasteiger partial charge in [-0.25, -0.2) is 0 Å². The summed E-state index contributed by atoms with van der Waals surface area (Å²) in [5.41, 5.74) is 2.68. The minimum Gasteiger partial charge on any atom is -0.341 e. The fraction of sp³-hybridized carbons (Fsp3) is 0.263. The molecule has 0 bridgehead atoms. The predicted octanol–water partition coefficient (Wildman–Crippen LogP) is 3.88. The molecule has 0 unspecified atom stereocenters. The summed E-state index contributed by atoms with van der Waals surface area (Å²) in [5.74, 6) is 0.729. The van der Waals surface area contributed by atoms with Gasteiger partial charge in [0.25, 0.3) is 0 Å². The number of carbonyl (C=O) groups is 1. The molecule has 0 radical (unpaired) electrons. The molecular formula is C19H20N2OS. The average molecular weight is 324 g/mol. The molecule has 1 aromatic heterocycles. The van der Waals surface area contributed by atoms with Crippen molar-refractivity contribution in [3.8, 4) is 0 Å². The van der Waals surface area contributed by atoms with Crippen molar-refractivity contribution in [1.29, 1.82) is 0 Å². The van der Waals surface area contributed by atoms with E-state index in [1.54, 1.807) is 24.2 Å². The smallest absolute Gasteiger partial charge is 0.232 e. The molecule has 0 spiro atoms. The monoisotopic (exact) mass is 324 g/mol. The maximum Gasteiger partial charge on any atom is 0.232 e. The lowest BCUT2D eigenvalue weighted by Crippen LogP contribution is -2.37. The number of likely N-dealkylation sites (tertiary alicyclic amines) is 1. The fourth-order valence-corrected chi connectivity index (χ4v) is 3.43. The Labute approximate surface area is 141 Å². The molecule has 0 saturated carbocycles. The van der Waals surface area contributed by atoms with E-state index in [1.165, 1.54) is 11.1 Å². The Bertz CT molecular complexity index is 660. The van der Waals surface area contributed by atoms with Gasteiger partial charge < -0.3 is 4.90 Å². The number of benzene rings is 1. The number of rotatable bonds is 4. The molecule has 0 atom stereocenters. The first kappa shape index (κ1) is 15.8. The predicted molar refractivity (Wildman–Crippen MR) is 95.2 cm³/mol. The molecule has 1 aromatic carbocycles. The maximum atomic E-state index is 12.3. The van der Waals surface area contributed by atoms with Gasteiger partial charge in [-0.2, -0.15) is 0 Å². The van der Waals surface area contributed by atoms with Crippen molar-refractivity contribution < 1.29 is 4.79 Å². The van der Waals surface area contributed by atoms with Crippen molar-refractivity contribution in [2.45, 2.75) is 17.7 Å². The number of aromatic nitrogens is 1. The SMILES string of the molecule is O=C(CSc1ccncc1)N1CCC(=Cc2ccccc2)CC1. The Morgan fingerprint density at radius 3 is 2.48 bits per heavy atom. The Kier molecular flexibility index (Phi) is 5.48. The average Bonchev–Trinajstić information content (AvgIpc) is 2.62. The van der Waals surface area contributed by atoms with E-state index in [0.717, 1.165) is 30.8 Å². The molecule has 118 valence electrons. The second-order valence-corrected chi connectivity index (χ2v) is 6.61. The van der Waals surface area contributed by atoms with Gasteiger partial charge >= 0.3 is 0 Å². The zero-order valence-electron chi connectivity index (χ0n) is 13.0. The van der Waals surface area contributed by atoms with Crippen molar-refractivity contribution >= 4 is 23.7 Å². The van der Waals surface area contributed by atoms with Gasteiger partial charge in [-0.1, -0.05) is 42.0 Å². The molecule has 3 nitrogen and oxygen atoms in total. The van der Waals surface area contributed by atoms with Crippen LogP contribution in [0.3, 0.4) is 0 Å². The third-order valence-electron chi connectivity index (χ3n) is 3.94. The molecule has 1 fully saturated rings. The topological polar surface area (TPSA) is 33.2 Å². The minimum atomic E-state index is 0.227. The summed E-state index contributed by atoms with van der Waals surface area (Å²) in [5, 5.41) is 0. The highest BCUT2D eigenvalue weighted by Gasteiger charge is 2.18. The van der Waals surface area contributed by atoms with Crippen molar-refractivity contribution in [2.24, 2.45) is 0 Å². The number of carbonyl (C=O) groups excluding carboxylic acids is 1. The highest BCUT2D eigenvalue weighted by atomic mass is 32.2. The number of pyridine rings is 1. The molecule has 1 amide bonds. The van der Waals surface area contributed by atoms with E-state index < -0.39 is 0 Å². The van der Waals surface area contributed by atoms with Gasteiger partial charge in [-0.3, -0.25) is 9.78 Å². The molecular weight excluding hydrogens is 304 g/mol. The van der Waals surface area contributed by atoms with Crippen LogP contribution >= 0.6 is 11.8 Å². The van der Waals surface area contributed by atoms with Crippen LogP contribution in [0.15, 0.2) is 65.3 Å². The van der Waals surface area contributed by atoms with Gasteiger partial charge in [0.15, 0.2) is 0 Å². The minimum absolute atomic E-state index is 0.227. The number of nitrogens with zero attached hydrogens (tertiary/aromatic N) is 2. The van der Waals surface area contributed by atoms with Crippen molar-refractivity contribution in [3.05, 3.63) is 66.0 Å². The summed E-state index contributed by atoms with van der Waals surface area (Å²) < 4.78 is 0. The highest BCUT2D eigenvalue weighted by molar-refractivity contribution is 8.00. The van der Waals surface area contributed by atoms with Crippen LogP contribution in [0.4, 0.5) is 0 Å². The second-order valence-electron chi connectivity index (χ2n) is 5.57. The largest absolute Gasteiger partial charge is 0.341 e. The summed E-state index contributed by atoms with van der Waals surface area (Å²) >= 11 is 1.58. The van der Waals surface area contributed by atoms with Crippen LogP contribution in [-0.4, -0.2) is 34.6 Å². The van der Waals surface area contributed by atoms with Gasteiger partial charge in [-0.15, -0.1) is 11.8 Å². The first-order valence-electron chi connectivity index (χ1n) is 7.86. The summed E-state index contributed by atoms with van der Waals surface area (Å²) in [4.78, 5) is 19.4. The van der Waals surface area contributed by atoms with Gasteiger partial charge in [0.2, 0.25) is 5.91 Å². The van der Waals surface area contributed by atoms with Gasteiger partial charge in [0.05, 0.1) is 5.75 Å². The molecule has 2 aromatic rings. The third kappa shape index (κ3) is 4.70. The van der Waals surface area contributed by atoms with E-state index in [2.05, 4.69) is 35.3 Å². The number of piperidine rings is 1. The van der Waals surface area contributed by atoms with E-state index in [9.17, 15) is 4.79 Å². The van der Waals surface area contributed by atoms with Crippen LogP contribution in [-0.2, 0) is 4.79 Å². The van der Waals surface area contributed by atoms with Crippen LogP contribution in [0, 0.1) is 0 Å². The fourth-order valence-electron chi connectivity index (χ4n) is 2.64. The molecule has 0 N–H and O–H groups in total. The summed E-state index contributed by atoms with van der Waals surface area (Å²) in [6.45, 7) is 1.66. The van der Waals surface area contributed by atoms with Gasteiger partial charge in [-0.05, 0) is 30.5 Å². The van der Waals surface area contributed by atoms with Crippen LogP contribution in [0.5, 0.6) is 0 Å². The summed E-state index contributed by atoms with van der Waals surface area (Å²) in [6.07, 6.45) is 7.72. The molecule has 1 aliphatic heterocycles. The second kappa shape index (κ2) is 7.97. The number of thioether (sulfide) groups is 1. The highest BCUT2D eigenvalue weighted by Crippen LogP contribution is 2.22. The van der Waals surface area contributed by atoms with Crippen molar-refractivity contribution in [3.63, 3.8) is 0 Å². The maximum absolute atomic E-state index is 12.3. The van der Waals surface area contributed by atoms with E-state index in [0.29, 0.717) is 5.75 Å². The Balaban J connectivity index is 1.48. The van der Waals surface area contributed by atoms with Gasteiger partial charge in [0, 0.05) is 30.4 Å². The lowest BCUT2D eigenvalue weighted by atomic mass is 10.0. The van der Waals surface area contributed by atoms with Gasteiger partial charge in [0.1, 0.15) is 0 Å². The normalized spacial score (nSPS) is 14.6. The Morgan fingerprint density at radius 2 is 1.78 bits per heavy atom. The van der Waals surface area contributed by atoms with E-state index in [-0.39, 0.29) is 5.91 Å². The quantitative estimate of drug-likeness (QED) is 0.800. The zero-order chi connectivity index (χ0) is 15.9. The lowest BCUT2D eigenvalue weighted by molar-refractivity contribution is -0.128. The van der Waals surface area contributed by atoms with Crippen LogP contribution in [0.25, 0.3) is 6.08 Å². The van der Waals surface area contributed by atoms with Crippen molar-refractivity contribution in [2.75, 3.05) is 18.8 Å². The van der Waals surface area contributed by atoms with Crippen molar-refractivity contribution in [1.82, 2.24) is 9.88 Å². The Hall–Kier alpha value is -2.07. The molecule has 1 aliphatic rings. The first-order valence-corrected chi connectivity index (χ1v) is 8.85. The van der Waals surface area contributed by atoms with Crippen LogP contribution < -0.4 is 0 Å². The standard InChI is InChI=1S/C19H20N2OS/c22-19(15-23-18-6-10-20-11-7-18)21-12-8-17(9-13-21)14-16-4-2-1-3-5-16/h1-7,10-11,14H,8-9,12-13,15H2. The lowest BCUT2D eigenvalue weighted by Gasteiger charge is -2.28. The number of amides is 1. The van der Waals surface area contributed by atoms with Crippen LogP contribution in [0.1, 0.15) is 18.4 Å². The molecule has 4 heteroatoms. The van der Waals surface area contributed by atoms with E-state index >= 15 is 0 Å². The summed E-state index contributed by atoms with van der Waals surface area (Å²) in [7, 11) is 0. The molecule has 23 heavy (non-hydrogen) atoms. The molecule has 3 rings (SSSR count). The van der Waals surface area contributed by atoms with E-state index in [4.69, 9.17) is 0 Å². The third-order valence-corrected chi connectivity index (χ3v) is 4.94. The van der Waals surface area contributed by atoms with Crippen LogP contribution in [0.2, 0.25) is 0 Å². The Morgan fingerprint density at radius 1 is 1.09 bits per heavy atom. The zero-order valence-corrected chi connectivity index (χ0v) is 13.8. The number of hydrogen-bond acceptors (Lipinski definition) is 3.